The van der Waals surface area contributed by atoms with Crippen molar-refractivity contribution in [3.8, 4) is 16.8 Å². The molecule has 15 aromatic rings. The molecule has 0 aliphatic heterocycles. The van der Waals surface area contributed by atoms with Gasteiger partial charge in [0.1, 0.15) is 0 Å². The van der Waals surface area contributed by atoms with Crippen molar-refractivity contribution in [1.29, 1.82) is 0 Å². The molecular formula is C68H42N2. The molecule has 324 valence electrons. The minimum atomic E-state index is 1.12. The van der Waals surface area contributed by atoms with Gasteiger partial charge in [0, 0.05) is 32.9 Å². The van der Waals surface area contributed by atoms with Gasteiger partial charge in [0.15, 0.2) is 0 Å². The highest BCUT2D eigenvalue weighted by atomic mass is 15.1. The monoisotopic (exact) mass is 886 g/mol. The number of anilines is 3. The number of benzene rings is 14. The van der Waals surface area contributed by atoms with Gasteiger partial charge in [-0.05, 0) is 153 Å². The second kappa shape index (κ2) is 15.1. The molecule has 2 heteroatoms. The fourth-order valence-corrected chi connectivity index (χ4v) is 11.8. The maximum absolute atomic E-state index is 2.51. The van der Waals surface area contributed by atoms with Crippen LogP contribution in [-0.2, 0) is 0 Å². The normalized spacial score (nSPS) is 12.0. The Morgan fingerprint density at radius 3 is 1.54 bits per heavy atom. The third kappa shape index (κ3) is 5.87. The quantitative estimate of drug-likeness (QED) is 0.123. The predicted molar refractivity (Wildman–Crippen MR) is 301 cm³/mol. The first-order valence-electron chi connectivity index (χ1n) is 24.2. The van der Waals surface area contributed by atoms with Crippen molar-refractivity contribution in [3.05, 3.63) is 255 Å². The van der Waals surface area contributed by atoms with Gasteiger partial charge < -0.3 is 9.47 Å². The molecular weight excluding hydrogens is 845 g/mol. The Hall–Kier alpha value is -9.24. The van der Waals surface area contributed by atoms with Crippen LogP contribution in [-0.4, -0.2) is 4.57 Å². The molecule has 0 unspecified atom stereocenters. The van der Waals surface area contributed by atoms with Crippen LogP contribution in [0.3, 0.4) is 0 Å². The van der Waals surface area contributed by atoms with Gasteiger partial charge in [-0.2, -0.15) is 0 Å². The molecule has 0 spiro atoms. The van der Waals surface area contributed by atoms with Crippen molar-refractivity contribution in [2.24, 2.45) is 0 Å². The molecule has 0 N–H and O–H groups in total. The summed E-state index contributed by atoms with van der Waals surface area (Å²) in [6, 6.07) is 94.7. The summed E-state index contributed by atoms with van der Waals surface area (Å²) in [5.74, 6) is 0. The van der Waals surface area contributed by atoms with Gasteiger partial charge in [-0.3, -0.25) is 0 Å². The van der Waals surface area contributed by atoms with Crippen LogP contribution >= 0.6 is 0 Å². The molecule has 0 aliphatic rings. The van der Waals surface area contributed by atoms with E-state index in [-0.39, 0.29) is 0 Å². The molecule has 0 fully saturated rings. The summed E-state index contributed by atoms with van der Waals surface area (Å²) in [6.45, 7) is 0. The summed E-state index contributed by atoms with van der Waals surface area (Å²) >= 11 is 0. The highest BCUT2D eigenvalue weighted by Gasteiger charge is 2.21. The molecule has 2 nitrogen and oxygen atoms in total. The lowest BCUT2D eigenvalue weighted by atomic mass is 9.91. The van der Waals surface area contributed by atoms with Gasteiger partial charge in [-0.1, -0.05) is 188 Å². The van der Waals surface area contributed by atoms with Gasteiger partial charge in [0.25, 0.3) is 0 Å². The smallest absolute Gasteiger partial charge is 0.0547 e. The third-order valence-corrected chi connectivity index (χ3v) is 15.0. The molecule has 0 radical (unpaired) electrons. The van der Waals surface area contributed by atoms with E-state index in [0.717, 1.165) is 17.1 Å². The Morgan fingerprint density at radius 2 is 0.757 bits per heavy atom. The molecule has 0 aliphatic carbocycles. The van der Waals surface area contributed by atoms with E-state index in [0.29, 0.717) is 0 Å². The molecule has 0 bridgehead atoms. The molecule has 14 aromatic carbocycles. The maximum Gasteiger partial charge on any atom is 0.0547 e. The first kappa shape index (κ1) is 38.8. The summed E-state index contributed by atoms with van der Waals surface area (Å²) < 4.78 is 2.51. The van der Waals surface area contributed by atoms with Crippen molar-refractivity contribution >= 4 is 125 Å². The SMILES string of the molecule is c1ccc2cc(-c3ccc4c5c6cc7c8ccc(N(c9ccc%10ccccc%10c9)c9cccc%10ccccc9%10)cc8c8ccccc8c7cc6ccc5n(-c5cccc6ccccc56)c4c3)ccc2c1. The summed E-state index contributed by atoms with van der Waals surface area (Å²) in [6.07, 6.45) is 0. The number of nitrogens with zero attached hydrogens (tertiary/aromatic N) is 2. The van der Waals surface area contributed by atoms with E-state index >= 15 is 0 Å². The molecule has 15 rings (SSSR count). The van der Waals surface area contributed by atoms with E-state index in [9.17, 15) is 0 Å². The fraction of sp³-hybridized carbons (Fsp3) is 0. The van der Waals surface area contributed by atoms with Crippen LogP contribution in [0.25, 0.3) is 125 Å². The molecule has 1 heterocycles. The zero-order chi connectivity index (χ0) is 45.9. The molecule has 0 saturated heterocycles. The molecule has 70 heavy (non-hydrogen) atoms. The van der Waals surface area contributed by atoms with E-state index in [1.807, 2.05) is 0 Å². The van der Waals surface area contributed by atoms with Gasteiger partial charge >= 0.3 is 0 Å². The maximum atomic E-state index is 2.51. The molecule has 0 amide bonds. The highest BCUT2D eigenvalue weighted by molar-refractivity contribution is 6.31. The summed E-state index contributed by atoms with van der Waals surface area (Å²) in [5, 5.41) is 22.3. The number of aromatic nitrogens is 1. The van der Waals surface area contributed by atoms with Gasteiger partial charge in [0.2, 0.25) is 0 Å². The zero-order valence-electron chi connectivity index (χ0n) is 38.1. The van der Waals surface area contributed by atoms with E-state index in [2.05, 4.69) is 264 Å². The Labute approximate surface area is 404 Å². The van der Waals surface area contributed by atoms with Crippen LogP contribution in [0.15, 0.2) is 255 Å². The van der Waals surface area contributed by atoms with E-state index in [1.54, 1.807) is 0 Å². The fourth-order valence-electron chi connectivity index (χ4n) is 11.8. The van der Waals surface area contributed by atoms with Gasteiger partial charge in [-0.25, -0.2) is 0 Å². The topological polar surface area (TPSA) is 8.17 Å². The second-order valence-corrected chi connectivity index (χ2v) is 18.8. The van der Waals surface area contributed by atoms with E-state index < -0.39 is 0 Å². The first-order valence-corrected chi connectivity index (χ1v) is 24.2. The van der Waals surface area contributed by atoms with E-state index in [1.165, 1.54) is 125 Å². The lowest BCUT2D eigenvalue weighted by Crippen LogP contribution is -2.10. The minimum absolute atomic E-state index is 1.12. The Morgan fingerprint density at radius 1 is 0.243 bits per heavy atom. The minimum Gasteiger partial charge on any atom is -0.310 e. The van der Waals surface area contributed by atoms with E-state index in [4.69, 9.17) is 0 Å². The summed E-state index contributed by atoms with van der Waals surface area (Å²) in [4.78, 5) is 2.45. The van der Waals surface area contributed by atoms with Crippen molar-refractivity contribution in [1.82, 2.24) is 4.57 Å². The first-order chi connectivity index (χ1) is 34.7. The molecule has 1 aromatic heterocycles. The predicted octanol–water partition coefficient (Wildman–Crippen LogP) is 19.1. The number of hydrogen-bond donors (Lipinski definition) is 0. The largest absolute Gasteiger partial charge is 0.310 e. The molecule has 0 atom stereocenters. The second-order valence-electron chi connectivity index (χ2n) is 18.8. The zero-order valence-corrected chi connectivity index (χ0v) is 38.1. The van der Waals surface area contributed by atoms with Crippen LogP contribution < -0.4 is 4.90 Å². The van der Waals surface area contributed by atoms with Crippen molar-refractivity contribution in [3.63, 3.8) is 0 Å². The van der Waals surface area contributed by atoms with Crippen molar-refractivity contribution < 1.29 is 0 Å². The summed E-state index contributed by atoms with van der Waals surface area (Å²) in [5.41, 5.74) is 9.38. The van der Waals surface area contributed by atoms with Crippen molar-refractivity contribution in [2.45, 2.75) is 0 Å². The van der Waals surface area contributed by atoms with Gasteiger partial charge in [-0.15, -0.1) is 0 Å². The Kier molecular flexibility index (Phi) is 8.39. The van der Waals surface area contributed by atoms with Crippen molar-refractivity contribution in [2.75, 3.05) is 4.90 Å². The van der Waals surface area contributed by atoms with Crippen LogP contribution in [0, 0.1) is 0 Å². The Balaban J connectivity index is 1.01. The highest BCUT2D eigenvalue weighted by Crippen LogP contribution is 2.46. The number of hydrogen-bond acceptors (Lipinski definition) is 1. The lowest BCUT2D eigenvalue weighted by Gasteiger charge is -2.28. The number of rotatable bonds is 5. The summed E-state index contributed by atoms with van der Waals surface area (Å²) in [7, 11) is 0. The van der Waals surface area contributed by atoms with Crippen LogP contribution in [0.5, 0.6) is 0 Å². The van der Waals surface area contributed by atoms with Gasteiger partial charge in [0.05, 0.1) is 22.4 Å². The van der Waals surface area contributed by atoms with Crippen LogP contribution in [0.2, 0.25) is 0 Å². The average Bonchev–Trinajstić information content (AvgIpc) is 3.76. The Bertz CT molecular complexity index is 4660. The molecule has 0 saturated carbocycles. The van der Waals surface area contributed by atoms with Crippen LogP contribution in [0.4, 0.5) is 17.1 Å². The van der Waals surface area contributed by atoms with Crippen LogP contribution in [0.1, 0.15) is 0 Å². The number of fused-ring (bicyclic) bond motifs is 15. The lowest BCUT2D eigenvalue weighted by molar-refractivity contribution is 1.20. The average molecular weight is 887 g/mol. The standard InChI is InChI=1S/C68H42N2/c1-3-17-47-37-49(28-27-43(47)13-1)50-30-34-59-67(40-50)70(65-26-12-20-46-16-6-8-22-55(46)65)66-36-31-51-39-61-56-23-9-10-24-57(56)62-41-53(33-35-58(62)63(61)42-60(51)68(59)66)69(52-32-29-44-14-2-4-18-48(44)38-52)64-25-11-19-45-15-5-7-21-54(45)64/h1-42H. The third-order valence-electron chi connectivity index (χ3n) is 15.0.